The van der Waals surface area contributed by atoms with Crippen molar-refractivity contribution in [1.82, 2.24) is 15.0 Å². The Hall–Kier alpha value is -1.26. The van der Waals surface area contributed by atoms with Gasteiger partial charge in [-0.2, -0.15) is 0 Å². The fourth-order valence-electron chi connectivity index (χ4n) is 4.84. The predicted molar refractivity (Wildman–Crippen MR) is 118 cm³/mol. The maximum Gasteiger partial charge on any atom is 0.219 e. The van der Waals surface area contributed by atoms with Crippen molar-refractivity contribution in [2.24, 2.45) is 0 Å². The molecule has 0 unspecified atom stereocenters. The van der Waals surface area contributed by atoms with E-state index in [4.69, 9.17) is 14.2 Å². The Labute approximate surface area is 185 Å². The molecular weight excluding hydrogens is 418 g/mol. The molecule has 0 spiro atoms. The summed E-state index contributed by atoms with van der Waals surface area (Å²) in [5.74, 6) is 1.22. The summed E-state index contributed by atoms with van der Waals surface area (Å²) in [6.07, 6.45) is 6.90. The molecule has 174 valence electrons. The van der Waals surface area contributed by atoms with Crippen LogP contribution < -0.4 is 14.8 Å². The number of pyridine rings is 1. The van der Waals surface area contributed by atoms with Crippen LogP contribution in [0.4, 0.5) is 0 Å². The number of rotatable bonds is 9. The summed E-state index contributed by atoms with van der Waals surface area (Å²) in [7, 11) is -3.32. The zero-order valence-corrected chi connectivity index (χ0v) is 19.3. The Kier molecular flexibility index (Phi) is 7.48. The average molecular weight is 454 g/mol. The lowest BCUT2D eigenvalue weighted by atomic mass is 9.81. The minimum atomic E-state index is -3.32. The van der Waals surface area contributed by atoms with E-state index in [0.29, 0.717) is 32.3 Å². The molecule has 9 heteroatoms. The Morgan fingerprint density at radius 1 is 1.23 bits per heavy atom. The number of nitrogens with one attached hydrogen (secondary N) is 2. The highest BCUT2D eigenvalue weighted by atomic mass is 32.2. The van der Waals surface area contributed by atoms with Crippen molar-refractivity contribution < 1.29 is 22.6 Å². The molecule has 3 aliphatic rings. The minimum Gasteiger partial charge on any atom is -0.478 e. The summed E-state index contributed by atoms with van der Waals surface area (Å²) in [4.78, 5) is 4.45. The second-order valence-electron chi connectivity index (χ2n) is 8.86. The average Bonchev–Trinajstić information content (AvgIpc) is 3.12. The third-order valence-electron chi connectivity index (χ3n) is 6.76. The van der Waals surface area contributed by atoms with Gasteiger partial charge in [-0.25, -0.2) is 18.1 Å². The summed E-state index contributed by atoms with van der Waals surface area (Å²) >= 11 is 0. The van der Waals surface area contributed by atoms with E-state index in [0.717, 1.165) is 44.5 Å². The molecule has 3 heterocycles. The standard InChI is InChI=1S/C22H35N3O5S/c1-3-29-22-21(15(2)8-10-24-22)16-4-6-17(7-5-16)30-14-20-19(9-11-23-20)25-31(26,27)18-12-28-13-18/h8,10,16-20,23,25H,3-7,9,11-14H2,1-2H3/t16?,17?,19-,20-/m0/s1. The highest BCUT2D eigenvalue weighted by molar-refractivity contribution is 7.90. The van der Waals surface area contributed by atoms with E-state index in [-0.39, 0.29) is 18.2 Å². The van der Waals surface area contributed by atoms with Crippen LogP contribution in [0.2, 0.25) is 0 Å². The Bertz CT molecular complexity index is 838. The van der Waals surface area contributed by atoms with E-state index in [1.165, 1.54) is 11.1 Å². The van der Waals surface area contributed by atoms with Crippen LogP contribution in [0, 0.1) is 6.92 Å². The SMILES string of the molecule is CCOc1nccc(C)c1C1CCC(OC[C@@H]2NCC[C@@H]2NS(=O)(=O)C2COC2)CC1. The molecule has 2 aliphatic heterocycles. The van der Waals surface area contributed by atoms with Gasteiger partial charge in [-0.1, -0.05) is 0 Å². The van der Waals surface area contributed by atoms with E-state index < -0.39 is 15.3 Å². The molecule has 3 fully saturated rings. The van der Waals surface area contributed by atoms with Gasteiger partial charge >= 0.3 is 0 Å². The third kappa shape index (κ3) is 5.39. The molecule has 0 aromatic carbocycles. The van der Waals surface area contributed by atoms with Crippen molar-refractivity contribution in [3.05, 3.63) is 23.4 Å². The first kappa shape index (κ1) is 22.9. The number of aryl methyl sites for hydroxylation is 1. The Morgan fingerprint density at radius 3 is 2.68 bits per heavy atom. The first-order chi connectivity index (χ1) is 15.0. The van der Waals surface area contributed by atoms with Crippen LogP contribution in [0.1, 0.15) is 56.1 Å². The Balaban J connectivity index is 1.27. The molecule has 31 heavy (non-hydrogen) atoms. The highest BCUT2D eigenvalue weighted by Crippen LogP contribution is 2.39. The normalized spacial score (nSPS) is 29.6. The van der Waals surface area contributed by atoms with Gasteiger partial charge in [0.25, 0.3) is 0 Å². The summed E-state index contributed by atoms with van der Waals surface area (Å²) in [6.45, 7) is 6.65. The van der Waals surface area contributed by atoms with Crippen LogP contribution in [-0.4, -0.2) is 69.8 Å². The van der Waals surface area contributed by atoms with Crippen LogP contribution in [0.25, 0.3) is 0 Å². The first-order valence-electron chi connectivity index (χ1n) is 11.5. The lowest BCUT2D eigenvalue weighted by molar-refractivity contribution is 0.0122. The molecule has 8 nitrogen and oxygen atoms in total. The van der Waals surface area contributed by atoms with Gasteiger partial charge in [-0.15, -0.1) is 0 Å². The lowest BCUT2D eigenvalue weighted by Gasteiger charge is -2.32. The number of nitrogens with zero attached hydrogens (tertiary/aromatic N) is 1. The number of aromatic nitrogens is 1. The van der Waals surface area contributed by atoms with Crippen molar-refractivity contribution in [1.29, 1.82) is 0 Å². The molecule has 1 saturated carbocycles. The fraction of sp³-hybridized carbons (Fsp3) is 0.773. The second-order valence-corrected chi connectivity index (χ2v) is 10.9. The van der Waals surface area contributed by atoms with Crippen LogP contribution >= 0.6 is 0 Å². The van der Waals surface area contributed by atoms with Crippen molar-refractivity contribution in [2.45, 2.75) is 75.3 Å². The summed E-state index contributed by atoms with van der Waals surface area (Å²) in [5, 5.41) is 2.99. The molecule has 4 rings (SSSR count). The van der Waals surface area contributed by atoms with E-state index in [2.05, 4.69) is 28.0 Å². The first-order valence-corrected chi connectivity index (χ1v) is 13.0. The van der Waals surface area contributed by atoms with Gasteiger partial charge in [0.15, 0.2) is 0 Å². The number of sulfonamides is 1. The largest absolute Gasteiger partial charge is 0.478 e. The third-order valence-corrected chi connectivity index (χ3v) is 8.54. The van der Waals surface area contributed by atoms with Crippen LogP contribution in [0.15, 0.2) is 12.3 Å². The van der Waals surface area contributed by atoms with Gasteiger partial charge in [0, 0.05) is 23.8 Å². The van der Waals surface area contributed by atoms with Crippen molar-refractivity contribution in [3.8, 4) is 5.88 Å². The molecule has 2 N–H and O–H groups in total. The zero-order valence-electron chi connectivity index (χ0n) is 18.5. The molecule has 0 radical (unpaired) electrons. The van der Waals surface area contributed by atoms with E-state index in [1.807, 2.05) is 13.1 Å². The number of ether oxygens (including phenoxy) is 3. The quantitative estimate of drug-likeness (QED) is 0.589. The Morgan fingerprint density at radius 2 is 2.00 bits per heavy atom. The topological polar surface area (TPSA) is 98.8 Å². The maximum atomic E-state index is 12.4. The fourth-order valence-corrected chi connectivity index (χ4v) is 6.28. The predicted octanol–water partition coefficient (Wildman–Crippen LogP) is 1.88. The van der Waals surface area contributed by atoms with Crippen LogP contribution in [-0.2, 0) is 19.5 Å². The van der Waals surface area contributed by atoms with E-state index >= 15 is 0 Å². The van der Waals surface area contributed by atoms with Gasteiger partial charge in [-0.3, -0.25) is 0 Å². The van der Waals surface area contributed by atoms with Crippen LogP contribution in [0.3, 0.4) is 0 Å². The molecule has 0 amide bonds. The molecule has 1 aromatic rings. The maximum absolute atomic E-state index is 12.4. The van der Waals surface area contributed by atoms with Gasteiger partial charge in [0.2, 0.25) is 15.9 Å². The molecule has 2 atom stereocenters. The van der Waals surface area contributed by atoms with Crippen molar-refractivity contribution in [3.63, 3.8) is 0 Å². The highest BCUT2D eigenvalue weighted by Gasteiger charge is 2.38. The van der Waals surface area contributed by atoms with E-state index in [1.54, 1.807) is 0 Å². The van der Waals surface area contributed by atoms with Gasteiger partial charge in [0.05, 0.1) is 32.5 Å². The zero-order chi connectivity index (χ0) is 21.8. The van der Waals surface area contributed by atoms with Crippen LogP contribution in [0.5, 0.6) is 5.88 Å². The summed E-state index contributed by atoms with van der Waals surface area (Å²) < 4.78 is 44.8. The van der Waals surface area contributed by atoms with E-state index in [9.17, 15) is 8.42 Å². The molecule has 0 bridgehead atoms. The molecule has 1 aromatic heterocycles. The van der Waals surface area contributed by atoms with Gasteiger partial charge < -0.3 is 19.5 Å². The summed E-state index contributed by atoms with van der Waals surface area (Å²) in [5.41, 5.74) is 2.49. The number of hydrogen-bond donors (Lipinski definition) is 2. The van der Waals surface area contributed by atoms with Gasteiger partial charge in [0.1, 0.15) is 5.25 Å². The van der Waals surface area contributed by atoms with Crippen molar-refractivity contribution >= 4 is 10.0 Å². The molecular formula is C22H35N3O5S. The van der Waals surface area contributed by atoms with Gasteiger partial charge in [-0.05, 0) is 70.0 Å². The monoisotopic (exact) mass is 453 g/mol. The smallest absolute Gasteiger partial charge is 0.219 e. The molecule has 1 aliphatic carbocycles. The minimum absolute atomic E-state index is 0.0126. The molecule has 2 saturated heterocycles. The summed E-state index contributed by atoms with van der Waals surface area (Å²) in [6, 6.07) is 1.95. The second kappa shape index (κ2) is 10.1. The lowest BCUT2D eigenvalue weighted by Crippen LogP contribution is -2.53. The number of hydrogen-bond acceptors (Lipinski definition) is 7. The van der Waals surface area contributed by atoms with Crippen molar-refractivity contribution in [2.75, 3.05) is 33.0 Å².